The summed E-state index contributed by atoms with van der Waals surface area (Å²) in [5, 5.41) is -0.757. The van der Waals surface area contributed by atoms with Gasteiger partial charge in [0.2, 0.25) is 0 Å². The second kappa shape index (κ2) is 4.71. The van der Waals surface area contributed by atoms with E-state index in [1.54, 1.807) is 18.2 Å². The molecule has 1 aromatic carbocycles. The Morgan fingerprint density at radius 3 is 2.71 bits per heavy atom. The maximum absolute atomic E-state index is 11.1. The van der Waals surface area contributed by atoms with Gasteiger partial charge in [0.25, 0.3) is 0 Å². The number of alkyl halides is 1. The van der Waals surface area contributed by atoms with Gasteiger partial charge >= 0.3 is 0 Å². The van der Waals surface area contributed by atoms with Gasteiger partial charge in [-0.3, -0.25) is 9.59 Å². The lowest BCUT2D eigenvalue weighted by molar-refractivity contribution is -0.116. The Kier molecular flexibility index (Phi) is 3.84. The number of carbonyl (C=O) groups excluding carboxylic acids is 2. The average molecular weight is 276 g/mol. The van der Waals surface area contributed by atoms with E-state index in [1.165, 1.54) is 6.92 Å². The molecule has 1 atom stereocenters. The van der Waals surface area contributed by atoms with Crippen molar-refractivity contribution in [2.75, 3.05) is 0 Å². The monoisotopic (exact) mass is 274 g/mol. The first-order valence-corrected chi connectivity index (χ1v) is 5.18. The van der Waals surface area contributed by atoms with Crippen LogP contribution in [0.5, 0.6) is 0 Å². The number of carbonyl (C=O) groups is 2. The highest BCUT2D eigenvalue weighted by molar-refractivity contribution is 9.10. The van der Waals surface area contributed by atoms with Crippen molar-refractivity contribution < 1.29 is 9.59 Å². The molecular weight excluding hydrogens is 267 g/mol. The molecule has 0 aliphatic carbocycles. The third kappa shape index (κ3) is 2.42. The van der Waals surface area contributed by atoms with Crippen LogP contribution in [-0.2, 0) is 4.79 Å². The first kappa shape index (κ1) is 11.4. The van der Waals surface area contributed by atoms with Crippen LogP contribution in [0, 0.1) is 0 Å². The van der Waals surface area contributed by atoms with Gasteiger partial charge < -0.3 is 0 Å². The first-order chi connectivity index (χ1) is 6.56. The molecule has 0 fully saturated rings. The standard InChI is InChI=1S/C10H8BrClO2/c1-6(14)10(12)9-4-8(11)3-2-7(9)5-13/h2-5,10H,1H3. The fourth-order valence-corrected chi connectivity index (χ4v) is 1.66. The molecule has 2 nitrogen and oxygen atoms in total. The van der Waals surface area contributed by atoms with Crippen LogP contribution in [0.3, 0.4) is 0 Å². The van der Waals surface area contributed by atoms with Crippen molar-refractivity contribution >= 4 is 39.6 Å². The van der Waals surface area contributed by atoms with Crippen molar-refractivity contribution in [3.8, 4) is 0 Å². The van der Waals surface area contributed by atoms with Crippen molar-refractivity contribution in [3.63, 3.8) is 0 Å². The minimum Gasteiger partial charge on any atom is -0.298 e. The smallest absolute Gasteiger partial charge is 0.152 e. The van der Waals surface area contributed by atoms with Crippen LogP contribution in [0.1, 0.15) is 28.2 Å². The SMILES string of the molecule is CC(=O)C(Cl)c1cc(Br)ccc1C=O. The van der Waals surface area contributed by atoms with Gasteiger partial charge in [-0.2, -0.15) is 0 Å². The third-order valence-electron chi connectivity index (χ3n) is 1.81. The molecule has 1 rings (SSSR count). The quantitative estimate of drug-likeness (QED) is 0.627. The Morgan fingerprint density at radius 1 is 1.57 bits per heavy atom. The molecule has 74 valence electrons. The molecule has 0 saturated heterocycles. The zero-order valence-electron chi connectivity index (χ0n) is 7.46. The van der Waals surface area contributed by atoms with Crippen LogP contribution >= 0.6 is 27.5 Å². The van der Waals surface area contributed by atoms with E-state index in [0.717, 1.165) is 4.47 Å². The maximum atomic E-state index is 11.1. The lowest BCUT2D eigenvalue weighted by Gasteiger charge is -2.08. The topological polar surface area (TPSA) is 34.1 Å². The molecular formula is C10H8BrClO2. The summed E-state index contributed by atoms with van der Waals surface area (Å²) < 4.78 is 0.796. The molecule has 0 bridgehead atoms. The molecule has 1 unspecified atom stereocenters. The van der Waals surface area contributed by atoms with E-state index in [-0.39, 0.29) is 5.78 Å². The van der Waals surface area contributed by atoms with Gasteiger partial charge in [-0.15, -0.1) is 11.6 Å². The zero-order chi connectivity index (χ0) is 10.7. The summed E-state index contributed by atoms with van der Waals surface area (Å²) in [4.78, 5) is 21.7. The van der Waals surface area contributed by atoms with E-state index in [4.69, 9.17) is 11.6 Å². The molecule has 1 aromatic rings. The van der Waals surface area contributed by atoms with Crippen LogP contribution in [0.4, 0.5) is 0 Å². The van der Waals surface area contributed by atoms with Crippen LogP contribution in [0.15, 0.2) is 22.7 Å². The van der Waals surface area contributed by atoms with E-state index in [2.05, 4.69) is 15.9 Å². The number of hydrogen-bond donors (Lipinski definition) is 0. The number of benzene rings is 1. The molecule has 0 saturated carbocycles. The second-order valence-electron chi connectivity index (χ2n) is 2.86. The molecule has 0 aliphatic heterocycles. The molecule has 4 heteroatoms. The van der Waals surface area contributed by atoms with Gasteiger partial charge in [0.1, 0.15) is 11.7 Å². The predicted octanol–water partition coefficient (Wildman–Crippen LogP) is 3.13. The van der Waals surface area contributed by atoms with Crippen molar-refractivity contribution in [1.29, 1.82) is 0 Å². The van der Waals surface area contributed by atoms with E-state index < -0.39 is 5.38 Å². The highest BCUT2D eigenvalue weighted by Gasteiger charge is 2.16. The number of hydrogen-bond acceptors (Lipinski definition) is 2. The van der Waals surface area contributed by atoms with Gasteiger partial charge in [-0.1, -0.05) is 22.0 Å². The predicted molar refractivity (Wildman–Crippen MR) is 58.8 cm³/mol. The van der Waals surface area contributed by atoms with Crippen molar-refractivity contribution in [3.05, 3.63) is 33.8 Å². The highest BCUT2D eigenvalue weighted by Crippen LogP contribution is 2.27. The summed E-state index contributed by atoms with van der Waals surface area (Å²) >= 11 is 9.12. The third-order valence-corrected chi connectivity index (χ3v) is 2.84. The number of rotatable bonds is 3. The van der Waals surface area contributed by atoms with E-state index in [1.807, 2.05) is 0 Å². The number of halogens is 2. The molecule has 0 N–H and O–H groups in total. The van der Waals surface area contributed by atoms with Crippen LogP contribution in [-0.4, -0.2) is 12.1 Å². The summed E-state index contributed by atoms with van der Waals surface area (Å²) in [6, 6.07) is 5.05. The van der Waals surface area contributed by atoms with Crippen molar-refractivity contribution in [2.24, 2.45) is 0 Å². The van der Waals surface area contributed by atoms with Crippen LogP contribution in [0.25, 0.3) is 0 Å². The van der Waals surface area contributed by atoms with E-state index >= 15 is 0 Å². The van der Waals surface area contributed by atoms with Gasteiger partial charge in [0.15, 0.2) is 5.78 Å². The van der Waals surface area contributed by atoms with Gasteiger partial charge in [-0.05, 0) is 24.6 Å². The van der Waals surface area contributed by atoms with Crippen LogP contribution < -0.4 is 0 Å². The average Bonchev–Trinajstić information content (AvgIpc) is 2.16. The largest absolute Gasteiger partial charge is 0.298 e. The second-order valence-corrected chi connectivity index (χ2v) is 4.22. The summed E-state index contributed by atoms with van der Waals surface area (Å²) in [6.07, 6.45) is 0.695. The van der Waals surface area contributed by atoms with Crippen molar-refractivity contribution in [2.45, 2.75) is 12.3 Å². The minimum absolute atomic E-state index is 0.173. The summed E-state index contributed by atoms with van der Waals surface area (Å²) in [5.74, 6) is -0.173. The Balaban J connectivity index is 3.23. The Morgan fingerprint density at radius 2 is 2.21 bits per heavy atom. The Bertz CT molecular complexity index is 376. The fraction of sp³-hybridized carbons (Fsp3) is 0.200. The molecule has 0 aromatic heterocycles. The molecule has 0 aliphatic rings. The Labute approximate surface area is 95.4 Å². The van der Waals surface area contributed by atoms with Gasteiger partial charge in [0, 0.05) is 10.0 Å². The number of Topliss-reactive ketones (excluding diaryl/α,β-unsaturated/α-hetero) is 1. The Hall–Kier alpha value is -0.670. The lowest BCUT2D eigenvalue weighted by atomic mass is 10.0. The summed E-state index contributed by atoms with van der Waals surface area (Å²) in [5.41, 5.74) is 0.993. The van der Waals surface area contributed by atoms with Crippen molar-refractivity contribution in [1.82, 2.24) is 0 Å². The fourth-order valence-electron chi connectivity index (χ4n) is 1.09. The molecule has 14 heavy (non-hydrogen) atoms. The molecule has 0 radical (unpaired) electrons. The summed E-state index contributed by atoms with van der Waals surface area (Å²) in [7, 11) is 0. The lowest BCUT2D eigenvalue weighted by Crippen LogP contribution is -2.04. The van der Waals surface area contributed by atoms with E-state index in [9.17, 15) is 9.59 Å². The van der Waals surface area contributed by atoms with Gasteiger partial charge in [-0.25, -0.2) is 0 Å². The molecule has 0 heterocycles. The summed E-state index contributed by atoms with van der Waals surface area (Å²) in [6.45, 7) is 1.40. The number of aldehydes is 1. The van der Waals surface area contributed by atoms with Gasteiger partial charge in [0.05, 0.1) is 0 Å². The normalized spacial score (nSPS) is 12.2. The maximum Gasteiger partial charge on any atom is 0.152 e. The minimum atomic E-state index is -0.757. The first-order valence-electron chi connectivity index (χ1n) is 3.95. The highest BCUT2D eigenvalue weighted by atomic mass is 79.9. The zero-order valence-corrected chi connectivity index (χ0v) is 9.80. The van der Waals surface area contributed by atoms with E-state index in [0.29, 0.717) is 17.4 Å². The number of ketones is 1. The molecule has 0 amide bonds. The molecule has 0 spiro atoms. The van der Waals surface area contributed by atoms with Crippen LogP contribution in [0.2, 0.25) is 0 Å².